The summed E-state index contributed by atoms with van der Waals surface area (Å²) in [7, 11) is 1.91. The minimum atomic E-state index is -0.439. The maximum atomic E-state index is 12.6. The topological polar surface area (TPSA) is 71.3 Å². The predicted octanol–water partition coefficient (Wildman–Crippen LogP) is 3.70. The average molecular weight is 383 g/mol. The van der Waals surface area contributed by atoms with Crippen molar-refractivity contribution in [3.63, 3.8) is 0 Å². The molecule has 1 unspecified atom stereocenters. The minimum Gasteiger partial charge on any atom is -0.393 e. The number of hydrogen-bond donors (Lipinski definition) is 2. The maximum Gasteiger partial charge on any atom is 0.259 e. The second kappa shape index (κ2) is 6.51. The van der Waals surface area contributed by atoms with Crippen molar-refractivity contribution in [2.75, 3.05) is 0 Å². The van der Waals surface area contributed by atoms with Gasteiger partial charge in [-0.1, -0.05) is 29.8 Å². The molecular weight excluding hydrogens is 364 g/mol. The zero-order valence-corrected chi connectivity index (χ0v) is 15.8. The number of amides is 2. The molecule has 27 heavy (non-hydrogen) atoms. The molecule has 138 valence electrons. The van der Waals surface area contributed by atoms with Crippen LogP contribution in [0.2, 0.25) is 5.02 Å². The van der Waals surface area contributed by atoms with Crippen molar-refractivity contribution in [1.82, 2.24) is 9.88 Å². The first-order valence-corrected chi connectivity index (χ1v) is 9.19. The van der Waals surface area contributed by atoms with Crippen LogP contribution < -0.4 is 5.32 Å². The Balaban J connectivity index is 2.05. The van der Waals surface area contributed by atoms with E-state index in [2.05, 4.69) is 5.32 Å². The zero-order valence-electron chi connectivity index (χ0n) is 15.0. The number of halogens is 1. The van der Waals surface area contributed by atoms with Crippen molar-refractivity contribution >= 4 is 34.3 Å². The number of aryl methyl sites for hydroxylation is 2. The Morgan fingerprint density at radius 2 is 1.85 bits per heavy atom. The van der Waals surface area contributed by atoms with Crippen LogP contribution in [0.5, 0.6) is 0 Å². The number of hydrogen-bond acceptors (Lipinski definition) is 3. The Morgan fingerprint density at radius 3 is 2.56 bits per heavy atom. The molecule has 6 heteroatoms. The van der Waals surface area contributed by atoms with E-state index in [1.807, 2.05) is 42.1 Å². The number of fused-ring (bicyclic) bond motifs is 3. The maximum absolute atomic E-state index is 12.6. The Hall–Kier alpha value is -2.63. The number of nitrogens with zero attached hydrogens (tertiary/aromatic N) is 1. The third-order valence-electron chi connectivity index (χ3n) is 5.03. The van der Waals surface area contributed by atoms with Crippen LogP contribution in [0.25, 0.3) is 22.0 Å². The lowest BCUT2D eigenvalue weighted by atomic mass is 9.92. The highest BCUT2D eigenvalue weighted by Gasteiger charge is 2.34. The van der Waals surface area contributed by atoms with Crippen LogP contribution in [0, 0.1) is 0 Å². The summed E-state index contributed by atoms with van der Waals surface area (Å²) in [6.07, 6.45) is 2.72. The van der Waals surface area contributed by atoms with Crippen LogP contribution in [0.3, 0.4) is 0 Å². The van der Waals surface area contributed by atoms with Crippen LogP contribution in [0.15, 0.2) is 36.5 Å². The fourth-order valence-electron chi connectivity index (χ4n) is 3.78. The quantitative estimate of drug-likeness (QED) is 0.676. The lowest BCUT2D eigenvalue weighted by Gasteiger charge is -2.11. The van der Waals surface area contributed by atoms with Gasteiger partial charge in [-0.15, -0.1) is 0 Å². The number of imide groups is 1. The normalized spacial score (nSPS) is 14.5. The lowest BCUT2D eigenvalue weighted by Crippen LogP contribution is -2.20. The largest absolute Gasteiger partial charge is 0.393 e. The molecular formula is C21H19ClN2O3. The monoisotopic (exact) mass is 382 g/mol. The van der Waals surface area contributed by atoms with Gasteiger partial charge >= 0.3 is 0 Å². The van der Waals surface area contributed by atoms with Gasteiger partial charge in [-0.25, -0.2) is 0 Å². The molecule has 0 bridgehead atoms. The highest BCUT2D eigenvalue weighted by atomic mass is 35.5. The number of carbonyl (C=O) groups is 2. The van der Waals surface area contributed by atoms with Gasteiger partial charge in [-0.3, -0.25) is 14.9 Å². The molecule has 1 aliphatic rings. The summed E-state index contributed by atoms with van der Waals surface area (Å²) in [5.41, 5.74) is 3.93. The number of aliphatic hydroxyl groups is 1. The predicted molar refractivity (Wildman–Crippen MR) is 105 cm³/mol. The third-order valence-corrected chi connectivity index (χ3v) is 5.36. The first-order chi connectivity index (χ1) is 12.9. The molecule has 1 aliphatic heterocycles. The van der Waals surface area contributed by atoms with Gasteiger partial charge in [-0.05, 0) is 43.0 Å². The van der Waals surface area contributed by atoms with Crippen molar-refractivity contribution in [1.29, 1.82) is 0 Å². The third kappa shape index (κ3) is 2.83. The van der Waals surface area contributed by atoms with Crippen molar-refractivity contribution in [3.8, 4) is 11.1 Å². The van der Waals surface area contributed by atoms with Gasteiger partial charge in [-0.2, -0.15) is 0 Å². The summed E-state index contributed by atoms with van der Waals surface area (Å²) in [5, 5.41) is 13.4. The van der Waals surface area contributed by atoms with E-state index in [4.69, 9.17) is 11.6 Å². The van der Waals surface area contributed by atoms with Crippen LogP contribution in [0.4, 0.5) is 0 Å². The molecule has 1 atom stereocenters. The van der Waals surface area contributed by atoms with E-state index in [1.165, 1.54) is 0 Å². The Labute approximate surface area is 161 Å². The minimum absolute atomic E-state index is 0.366. The molecule has 0 radical (unpaired) electrons. The number of nitrogens with one attached hydrogen (secondary N) is 1. The van der Waals surface area contributed by atoms with Gasteiger partial charge in [0.1, 0.15) is 0 Å². The van der Waals surface area contributed by atoms with Gasteiger partial charge in [0.05, 0.1) is 17.2 Å². The van der Waals surface area contributed by atoms with Gasteiger partial charge in [0, 0.05) is 34.7 Å². The van der Waals surface area contributed by atoms with E-state index in [-0.39, 0.29) is 0 Å². The Bertz CT molecular complexity index is 1100. The lowest BCUT2D eigenvalue weighted by molar-refractivity contribution is 0.0880. The molecule has 2 heterocycles. The number of rotatable bonds is 4. The second-order valence-electron chi connectivity index (χ2n) is 6.98. The molecule has 0 saturated carbocycles. The van der Waals surface area contributed by atoms with E-state index in [9.17, 15) is 14.7 Å². The van der Waals surface area contributed by atoms with Crippen molar-refractivity contribution in [2.24, 2.45) is 7.05 Å². The van der Waals surface area contributed by atoms with Gasteiger partial charge in [0.25, 0.3) is 11.8 Å². The first-order valence-electron chi connectivity index (χ1n) is 8.82. The van der Waals surface area contributed by atoms with Crippen molar-refractivity contribution in [3.05, 3.63) is 58.2 Å². The smallest absolute Gasteiger partial charge is 0.259 e. The fraction of sp³-hybridized carbons (Fsp3) is 0.238. The summed E-state index contributed by atoms with van der Waals surface area (Å²) in [4.78, 5) is 25.2. The standard InChI is InChI=1S/C21H19ClN2O3/c1-11(25)7-8-12-10-24(2)16-9-14(13-5-3-4-6-15(13)22)18-19(17(12)16)21(27)23-20(18)26/h3-6,9-11,25H,7-8H2,1-2H3,(H,23,26,27). The highest BCUT2D eigenvalue weighted by Crippen LogP contribution is 2.40. The van der Waals surface area contributed by atoms with E-state index in [0.29, 0.717) is 40.1 Å². The fourth-order valence-corrected chi connectivity index (χ4v) is 4.01. The van der Waals surface area contributed by atoms with Gasteiger partial charge in [0.2, 0.25) is 0 Å². The van der Waals surface area contributed by atoms with Crippen LogP contribution >= 0.6 is 11.6 Å². The molecule has 0 fully saturated rings. The molecule has 5 nitrogen and oxygen atoms in total. The second-order valence-corrected chi connectivity index (χ2v) is 7.39. The number of aromatic nitrogens is 1. The van der Waals surface area contributed by atoms with Crippen molar-refractivity contribution < 1.29 is 14.7 Å². The molecule has 2 amide bonds. The van der Waals surface area contributed by atoms with E-state index >= 15 is 0 Å². The SMILES string of the molecule is CC(O)CCc1cn(C)c2cc(-c3ccccc3Cl)c3c(c12)C(=O)NC3=O. The average Bonchev–Trinajstić information content (AvgIpc) is 3.10. The summed E-state index contributed by atoms with van der Waals surface area (Å²) < 4.78 is 1.95. The summed E-state index contributed by atoms with van der Waals surface area (Å²) in [6, 6.07) is 9.20. The molecule has 2 N–H and O–H groups in total. The number of aliphatic hydroxyl groups excluding tert-OH is 1. The van der Waals surface area contributed by atoms with E-state index in [0.717, 1.165) is 16.5 Å². The molecule has 0 spiro atoms. The summed E-state index contributed by atoms with van der Waals surface area (Å²) in [6.45, 7) is 1.74. The molecule has 3 aromatic rings. The van der Waals surface area contributed by atoms with Crippen LogP contribution in [-0.2, 0) is 13.5 Å². The highest BCUT2D eigenvalue weighted by molar-refractivity contribution is 6.35. The Kier molecular flexibility index (Phi) is 4.29. The van der Waals surface area contributed by atoms with Crippen LogP contribution in [0.1, 0.15) is 39.6 Å². The Morgan fingerprint density at radius 1 is 1.15 bits per heavy atom. The van der Waals surface area contributed by atoms with E-state index < -0.39 is 17.9 Å². The zero-order chi connectivity index (χ0) is 19.3. The molecule has 0 saturated heterocycles. The van der Waals surface area contributed by atoms with Gasteiger partial charge < -0.3 is 9.67 Å². The molecule has 2 aromatic carbocycles. The first kappa shape index (κ1) is 17.8. The van der Waals surface area contributed by atoms with Crippen molar-refractivity contribution in [2.45, 2.75) is 25.9 Å². The molecule has 4 rings (SSSR count). The molecule has 1 aromatic heterocycles. The summed E-state index contributed by atoms with van der Waals surface area (Å²) in [5.74, 6) is -0.796. The number of carbonyl (C=O) groups excluding carboxylic acids is 2. The van der Waals surface area contributed by atoms with Gasteiger partial charge in [0.15, 0.2) is 0 Å². The number of benzene rings is 2. The van der Waals surface area contributed by atoms with Crippen LogP contribution in [-0.4, -0.2) is 27.6 Å². The summed E-state index contributed by atoms with van der Waals surface area (Å²) >= 11 is 6.37. The van der Waals surface area contributed by atoms with E-state index in [1.54, 1.807) is 13.0 Å². The molecule has 0 aliphatic carbocycles.